The number of hydrogen-bond donors (Lipinski definition) is 1. The summed E-state index contributed by atoms with van der Waals surface area (Å²) < 4.78 is 23.1. The molecule has 1 N–H and O–H groups in total. The van der Waals surface area contributed by atoms with Crippen LogP contribution in [0.2, 0.25) is 0 Å². The Labute approximate surface area is 124 Å². The van der Waals surface area contributed by atoms with E-state index in [0.29, 0.717) is 17.5 Å². The van der Waals surface area contributed by atoms with E-state index in [1.54, 1.807) is 12.1 Å². The Morgan fingerprint density at radius 2 is 1.90 bits per heavy atom. The van der Waals surface area contributed by atoms with Crippen molar-refractivity contribution >= 4 is 25.6 Å². The highest BCUT2D eigenvalue weighted by Gasteiger charge is 2.21. The van der Waals surface area contributed by atoms with Crippen molar-refractivity contribution in [3.63, 3.8) is 0 Å². The van der Waals surface area contributed by atoms with Crippen molar-refractivity contribution in [1.82, 2.24) is 5.32 Å². The fourth-order valence-corrected chi connectivity index (χ4v) is 2.91. The quantitative estimate of drug-likeness (QED) is 0.849. The molecule has 1 aromatic carbocycles. The number of rotatable bonds is 5. The minimum Gasteiger partial charge on any atom is -0.347 e. The van der Waals surface area contributed by atoms with Gasteiger partial charge in [-0.05, 0) is 44.4 Å². The lowest BCUT2D eigenvalue weighted by Crippen LogP contribution is -2.42. The average molecular weight is 318 g/mol. The number of amides is 1. The number of carbonyl (C=O) groups excluding carboxylic acids is 1. The Morgan fingerprint density at radius 1 is 1.30 bits per heavy atom. The molecule has 0 aliphatic rings. The van der Waals surface area contributed by atoms with Crippen LogP contribution in [0, 0.1) is 0 Å². The van der Waals surface area contributed by atoms with Gasteiger partial charge in [0.1, 0.15) is 0 Å². The van der Waals surface area contributed by atoms with Crippen molar-refractivity contribution < 1.29 is 13.2 Å². The molecule has 0 aliphatic carbocycles. The molecule has 1 amide bonds. The van der Waals surface area contributed by atoms with E-state index >= 15 is 0 Å². The predicted octanol–water partition coefficient (Wildman–Crippen LogP) is 3.09. The van der Waals surface area contributed by atoms with Gasteiger partial charge in [-0.2, -0.15) is 0 Å². The largest absolute Gasteiger partial charge is 0.347 e. The van der Waals surface area contributed by atoms with Crippen LogP contribution in [0.25, 0.3) is 0 Å². The summed E-state index contributed by atoms with van der Waals surface area (Å²) in [6, 6.07) is 4.58. The van der Waals surface area contributed by atoms with Crippen LogP contribution in [-0.2, 0) is 15.5 Å². The molecule has 0 heterocycles. The number of hydrogen-bond acceptors (Lipinski definition) is 3. The van der Waals surface area contributed by atoms with Crippen molar-refractivity contribution in [2.24, 2.45) is 0 Å². The molecule has 112 valence electrons. The summed E-state index contributed by atoms with van der Waals surface area (Å²) in [6.07, 6.45) is 1.30. The molecule has 0 unspecified atom stereocenters. The first kappa shape index (κ1) is 17.0. The lowest BCUT2D eigenvalue weighted by atomic mass is 10.0. The van der Waals surface area contributed by atoms with Gasteiger partial charge in [0.2, 0.25) is 0 Å². The number of halogens is 1. The second-order valence-corrected chi connectivity index (χ2v) is 7.84. The first-order chi connectivity index (χ1) is 9.10. The summed E-state index contributed by atoms with van der Waals surface area (Å²) in [5.74, 6) is -0.305. The molecule has 0 radical (unpaired) electrons. The topological polar surface area (TPSA) is 63.2 Å². The van der Waals surface area contributed by atoms with E-state index in [9.17, 15) is 13.2 Å². The first-order valence-electron chi connectivity index (χ1n) is 6.51. The third-order valence-corrected chi connectivity index (χ3v) is 4.71. The molecule has 0 bridgehead atoms. The average Bonchev–Trinajstić information content (AvgIpc) is 2.36. The van der Waals surface area contributed by atoms with Crippen molar-refractivity contribution in [3.8, 4) is 0 Å². The lowest BCUT2D eigenvalue weighted by molar-refractivity contribution is 0.0911. The van der Waals surface area contributed by atoms with Crippen molar-refractivity contribution in [2.45, 2.75) is 51.0 Å². The maximum atomic E-state index is 12.1. The van der Waals surface area contributed by atoms with Crippen LogP contribution in [-0.4, -0.2) is 19.9 Å². The van der Waals surface area contributed by atoms with Crippen LogP contribution in [0.5, 0.6) is 0 Å². The lowest BCUT2D eigenvalue weighted by Gasteiger charge is -2.24. The Morgan fingerprint density at radius 3 is 2.35 bits per heavy atom. The first-order valence-corrected chi connectivity index (χ1v) is 8.81. The van der Waals surface area contributed by atoms with Crippen LogP contribution < -0.4 is 5.32 Å². The van der Waals surface area contributed by atoms with Crippen LogP contribution in [0.15, 0.2) is 23.1 Å². The van der Waals surface area contributed by atoms with Gasteiger partial charge in [0, 0.05) is 21.8 Å². The number of nitrogens with one attached hydrogen (secondary N) is 1. The smallest absolute Gasteiger partial charge is 0.261 e. The zero-order valence-electron chi connectivity index (χ0n) is 12.2. The molecule has 20 heavy (non-hydrogen) atoms. The van der Waals surface area contributed by atoms with Gasteiger partial charge in [-0.3, -0.25) is 4.79 Å². The molecule has 0 fully saturated rings. The summed E-state index contributed by atoms with van der Waals surface area (Å²) in [7, 11) is 1.56. The number of benzene rings is 1. The summed E-state index contributed by atoms with van der Waals surface area (Å²) in [6.45, 7) is 7.62. The molecule has 1 aromatic rings. The molecule has 1 rings (SSSR count). The van der Waals surface area contributed by atoms with Crippen LogP contribution in [0.4, 0.5) is 0 Å². The van der Waals surface area contributed by atoms with Gasteiger partial charge in [-0.1, -0.05) is 19.9 Å². The Hall–Kier alpha value is -1.07. The second-order valence-electron chi connectivity index (χ2n) is 5.31. The van der Waals surface area contributed by atoms with E-state index < -0.39 is 9.05 Å². The van der Waals surface area contributed by atoms with Gasteiger partial charge in [0.05, 0.1) is 4.90 Å². The van der Waals surface area contributed by atoms with E-state index in [-0.39, 0.29) is 16.3 Å². The number of aryl methyl sites for hydroxylation is 1. The fraction of sp³-hybridized carbons (Fsp3) is 0.500. The summed E-state index contributed by atoms with van der Waals surface area (Å²) in [5.41, 5.74) is 0.551. The normalized spacial score (nSPS) is 12.2. The van der Waals surface area contributed by atoms with Gasteiger partial charge in [-0.15, -0.1) is 0 Å². The van der Waals surface area contributed by atoms with E-state index in [2.05, 4.69) is 5.32 Å². The van der Waals surface area contributed by atoms with Gasteiger partial charge in [-0.25, -0.2) is 8.42 Å². The Balaban J connectivity index is 3.19. The molecule has 0 aliphatic heterocycles. The zero-order valence-corrected chi connectivity index (χ0v) is 13.7. The van der Waals surface area contributed by atoms with Crippen LogP contribution >= 0.6 is 10.7 Å². The summed E-state index contributed by atoms with van der Waals surface area (Å²) in [5, 5.41) is 2.86. The SMILES string of the molecule is CCc1ccc(C(=O)NC(C)(C)CC)cc1S(=O)(=O)Cl. The molecule has 4 nitrogen and oxygen atoms in total. The van der Waals surface area contributed by atoms with Gasteiger partial charge in [0.15, 0.2) is 0 Å². The molecule has 0 atom stereocenters. The minimum atomic E-state index is -3.86. The summed E-state index contributed by atoms with van der Waals surface area (Å²) >= 11 is 0. The van der Waals surface area contributed by atoms with Crippen molar-refractivity contribution in [1.29, 1.82) is 0 Å². The third-order valence-electron chi connectivity index (χ3n) is 3.31. The van der Waals surface area contributed by atoms with Gasteiger partial charge >= 0.3 is 0 Å². The van der Waals surface area contributed by atoms with E-state index in [4.69, 9.17) is 10.7 Å². The number of carbonyl (C=O) groups is 1. The maximum Gasteiger partial charge on any atom is 0.261 e. The Kier molecular flexibility index (Phi) is 5.21. The van der Waals surface area contributed by atoms with Gasteiger partial charge < -0.3 is 5.32 Å². The predicted molar refractivity (Wildman–Crippen MR) is 80.7 cm³/mol. The van der Waals surface area contributed by atoms with Crippen molar-refractivity contribution in [3.05, 3.63) is 29.3 Å². The maximum absolute atomic E-state index is 12.1. The highest BCUT2D eigenvalue weighted by atomic mass is 35.7. The molecule has 6 heteroatoms. The highest BCUT2D eigenvalue weighted by Crippen LogP contribution is 2.22. The van der Waals surface area contributed by atoms with Gasteiger partial charge in [0.25, 0.3) is 15.0 Å². The summed E-state index contributed by atoms with van der Waals surface area (Å²) in [4.78, 5) is 12.2. The minimum absolute atomic E-state index is 0.00335. The molecular weight excluding hydrogens is 298 g/mol. The molecule has 0 spiro atoms. The monoisotopic (exact) mass is 317 g/mol. The molecule has 0 saturated carbocycles. The van der Waals surface area contributed by atoms with E-state index in [1.807, 2.05) is 27.7 Å². The van der Waals surface area contributed by atoms with E-state index in [0.717, 1.165) is 6.42 Å². The highest BCUT2D eigenvalue weighted by molar-refractivity contribution is 8.13. The zero-order chi connectivity index (χ0) is 15.6. The van der Waals surface area contributed by atoms with Crippen molar-refractivity contribution in [2.75, 3.05) is 0 Å². The fourth-order valence-electron chi connectivity index (χ4n) is 1.68. The standard InChI is InChI=1S/C14H20ClNO3S/c1-5-10-7-8-11(9-12(10)20(15,18)19)13(17)16-14(3,4)6-2/h7-9H,5-6H2,1-4H3,(H,16,17). The second kappa shape index (κ2) is 6.14. The third kappa shape index (κ3) is 4.21. The molecular formula is C14H20ClNO3S. The molecule has 0 aromatic heterocycles. The molecule has 0 saturated heterocycles. The van der Waals surface area contributed by atoms with Crippen LogP contribution in [0.1, 0.15) is 50.0 Å². The van der Waals surface area contributed by atoms with E-state index in [1.165, 1.54) is 6.07 Å². The van der Waals surface area contributed by atoms with Crippen LogP contribution in [0.3, 0.4) is 0 Å². The Bertz CT molecular complexity index is 609.